The predicted molar refractivity (Wildman–Crippen MR) is 80.5 cm³/mol. The SMILES string of the molecule is O=C(Cc1ccc(Br)cc1)C1CNc2ccccc21. The molecule has 0 spiro atoms. The molecule has 2 aromatic carbocycles. The molecule has 0 radical (unpaired) electrons. The van der Waals surface area contributed by atoms with Gasteiger partial charge in [0.2, 0.25) is 0 Å². The highest BCUT2D eigenvalue weighted by Gasteiger charge is 2.27. The molecule has 0 saturated carbocycles. The van der Waals surface area contributed by atoms with Crippen LogP contribution in [0.1, 0.15) is 17.0 Å². The van der Waals surface area contributed by atoms with E-state index in [1.54, 1.807) is 0 Å². The van der Waals surface area contributed by atoms with E-state index in [1.165, 1.54) is 0 Å². The lowest BCUT2D eigenvalue weighted by atomic mass is 9.93. The minimum atomic E-state index is -0.0140. The van der Waals surface area contributed by atoms with Gasteiger partial charge in [0, 0.05) is 23.1 Å². The van der Waals surface area contributed by atoms with Crippen molar-refractivity contribution < 1.29 is 4.79 Å². The Balaban J connectivity index is 1.77. The number of hydrogen-bond donors (Lipinski definition) is 1. The summed E-state index contributed by atoms with van der Waals surface area (Å²) in [5.74, 6) is 0.264. The number of nitrogens with one attached hydrogen (secondary N) is 1. The first-order valence-corrected chi connectivity index (χ1v) is 7.13. The number of carbonyl (C=O) groups excluding carboxylic acids is 1. The number of halogens is 1. The number of hydrogen-bond acceptors (Lipinski definition) is 2. The van der Waals surface area contributed by atoms with Crippen LogP contribution >= 0.6 is 15.9 Å². The van der Waals surface area contributed by atoms with Crippen molar-refractivity contribution in [3.8, 4) is 0 Å². The van der Waals surface area contributed by atoms with Crippen LogP contribution in [0.3, 0.4) is 0 Å². The van der Waals surface area contributed by atoms with Gasteiger partial charge < -0.3 is 5.32 Å². The number of ketones is 1. The van der Waals surface area contributed by atoms with Gasteiger partial charge in [-0.1, -0.05) is 46.3 Å². The highest BCUT2D eigenvalue weighted by molar-refractivity contribution is 9.10. The molecule has 2 nitrogen and oxygen atoms in total. The molecule has 2 aromatic rings. The maximum atomic E-state index is 12.4. The third kappa shape index (κ3) is 2.56. The van der Waals surface area contributed by atoms with Crippen molar-refractivity contribution in [1.29, 1.82) is 0 Å². The number of carbonyl (C=O) groups is 1. The maximum Gasteiger partial charge on any atom is 0.146 e. The molecule has 0 fully saturated rings. The fourth-order valence-electron chi connectivity index (χ4n) is 2.50. The lowest BCUT2D eigenvalue weighted by Gasteiger charge is -2.09. The number of Topliss-reactive ketones (excluding diaryl/α,β-unsaturated/α-hetero) is 1. The van der Waals surface area contributed by atoms with E-state index in [2.05, 4.69) is 21.2 Å². The molecule has 3 rings (SSSR count). The molecule has 0 amide bonds. The Morgan fingerprint density at radius 1 is 1.16 bits per heavy atom. The van der Waals surface area contributed by atoms with Crippen LogP contribution in [0.25, 0.3) is 0 Å². The Labute approximate surface area is 121 Å². The smallest absolute Gasteiger partial charge is 0.146 e. The number of para-hydroxylation sites is 1. The summed E-state index contributed by atoms with van der Waals surface area (Å²) in [5, 5.41) is 3.30. The Morgan fingerprint density at radius 3 is 2.68 bits per heavy atom. The molecular formula is C16H14BrNO. The Bertz CT molecular complexity index is 606. The zero-order chi connectivity index (χ0) is 13.2. The van der Waals surface area contributed by atoms with E-state index in [1.807, 2.05) is 48.5 Å². The van der Waals surface area contributed by atoms with Gasteiger partial charge in [-0.2, -0.15) is 0 Å². The zero-order valence-corrected chi connectivity index (χ0v) is 12.0. The van der Waals surface area contributed by atoms with Crippen LogP contribution in [0, 0.1) is 0 Å². The third-order valence-electron chi connectivity index (χ3n) is 3.51. The van der Waals surface area contributed by atoms with Crippen LogP contribution in [-0.4, -0.2) is 12.3 Å². The Hall–Kier alpha value is -1.61. The van der Waals surface area contributed by atoms with Gasteiger partial charge in [-0.15, -0.1) is 0 Å². The van der Waals surface area contributed by atoms with Crippen molar-refractivity contribution in [2.45, 2.75) is 12.3 Å². The van der Waals surface area contributed by atoms with E-state index in [4.69, 9.17) is 0 Å². The van der Waals surface area contributed by atoms with Gasteiger partial charge in [-0.3, -0.25) is 4.79 Å². The minimum Gasteiger partial charge on any atom is -0.384 e. The summed E-state index contributed by atoms with van der Waals surface area (Å²) >= 11 is 3.40. The first-order chi connectivity index (χ1) is 9.24. The first kappa shape index (κ1) is 12.4. The molecule has 1 atom stereocenters. The van der Waals surface area contributed by atoms with Crippen molar-refractivity contribution in [3.63, 3.8) is 0 Å². The van der Waals surface area contributed by atoms with Gasteiger partial charge >= 0.3 is 0 Å². The molecule has 1 unspecified atom stereocenters. The van der Waals surface area contributed by atoms with Crippen LogP contribution in [0.4, 0.5) is 5.69 Å². The first-order valence-electron chi connectivity index (χ1n) is 6.34. The molecule has 0 aromatic heterocycles. The summed E-state index contributed by atoms with van der Waals surface area (Å²) in [6.45, 7) is 0.717. The fourth-order valence-corrected chi connectivity index (χ4v) is 2.76. The second-order valence-corrected chi connectivity index (χ2v) is 5.71. The summed E-state index contributed by atoms with van der Waals surface area (Å²) in [6.07, 6.45) is 0.494. The molecule has 19 heavy (non-hydrogen) atoms. The van der Waals surface area contributed by atoms with E-state index >= 15 is 0 Å². The second kappa shape index (κ2) is 5.17. The van der Waals surface area contributed by atoms with Crippen LogP contribution in [0.15, 0.2) is 53.0 Å². The van der Waals surface area contributed by atoms with E-state index in [0.717, 1.165) is 21.3 Å². The van der Waals surface area contributed by atoms with E-state index in [9.17, 15) is 4.79 Å². The molecule has 1 heterocycles. The molecule has 0 bridgehead atoms. The van der Waals surface area contributed by atoms with Crippen molar-refractivity contribution >= 4 is 27.4 Å². The molecule has 1 aliphatic rings. The van der Waals surface area contributed by atoms with Gasteiger partial charge in [0.25, 0.3) is 0 Å². The standard InChI is InChI=1S/C16H14BrNO/c17-12-7-5-11(6-8-12)9-16(19)14-10-18-15-4-2-1-3-13(14)15/h1-8,14,18H,9-10H2. The van der Waals surface area contributed by atoms with Crippen LogP contribution in [0.2, 0.25) is 0 Å². The molecule has 96 valence electrons. The van der Waals surface area contributed by atoms with Crippen molar-refractivity contribution in [2.24, 2.45) is 0 Å². The van der Waals surface area contributed by atoms with Crippen LogP contribution in [-0.2, 0) is 11.2 Å². The number of rotatable bonds is 3. The van der Waals surface area contributed by atoms with Crippen LogP contribution in [0.5, 0.6) is 0 Å². The monoisotopic (exact) mass is 315 g/mol. The number of anilines is 1. The third-order valence-corrected chi connectivity index (χ3v) is 4.04. The van der Waals surface area contributed by atoms with Crippen molar-refractivity contribution in [2.75, 3.05) is 11.9 Å². The van der Waals surface area contributed by atoms with Gasteiger partial charge in [-0.25, -0.2) is 0 Å². The number of fused-ring (bicyclic) bond motifs is 1. The Kier molecular flexibility index (Phi) is 3.38. The summed E-state index contributed by atoms with van der Waals surface area (Å²) < 4.78 is 1.04. The average Bonchev–Trinajstić information content (AvgIpc) is 2.85. The normalized spacial score (nSPS) is 16.8. The van der Waals surface area contributed by atoms with Gasteiger partial charge in [0.05, 0.1) is 5.92 Å². The topological polar surface area (TPSA) is 29.1 Å². The summed E-state index contributed by atoms with van der Waals surface area (Å²) in [5.41, 5.74) is 3.29. The molecule has 1 aliphatic heterocycles. The summed E-state index contributed by atoms with van der Waals surface area (Å²) in [7, 11) is 0. The fraction of sp³-hybridized carbons (Fsp3) is 0.188. The average molecular weight is 316 g/mol. The van der Waals surface area contributed by atoms with Crippen LogP contribution < -0.4 is 5.32 Å². The lowest BCUT2D eigenvalue weighted by molar-refractivity contribution is -0.119. The minimum absolute atomic E-state index is 0.0140. The second-order valence-electron chi connectivity index (χ2n) is 4.79. The highest BCUT2D eigenvalue weighted by atomic mass is 79.9. The predicted octanol–water partition coefficient (Wildman–Crippen LogP) is 3.77. The van der Waals surface area contributed by atoms with Gasteiger partial charge in [-0.05, 0) is 29.3 Å². The summed E-state index contributed by atoms with van der Waals surface area (Å²) in [6, 6.07) is 16.0. The largest absolute Gasteiger partial charge is 0.384 e. The summed E-state index contributed by atoms with van der Waals surface area (Å²) in [4.78, 5) is 12.4. The molecular weight excluding hydrogens is 302 g/mol. The lowest BCUT2D eigenvalue weighted by Crippen LogP contribution is -2.16. The van der Waals surface area contributed by atoms with Gasteiger partial charge in [0.1, 0.15) is 5.78 Å². The van der Waals surface area contributed by atoms with Crippen molar-refractivity contribution in [3.05, 3.63) is 64.1 Å². The van der Waals surface area contributed by atoms with Gasteiger partial charge in [0.15, 0.2) is 0 Å². The van der Waals surface area contributed by atoms with E-state index in [0.29, 0.717) is 13.0 Å². The zero-order valence-electron chi connectivity index (χ0n) is 10.4. The van der Waals surface area contributed by atoms with Crippen molar-refractivity contribution in [1.82, 2.24) is 0 Å². The quantitative estimate of drug-likeness (QED) is 0.934. The van der Waals surface area contributed by atoms with E-state index < -0.39 is 0 Å². The molecule has 0 aliphatic carbocycles. The van der Waals surface area contributed by atoms with E-state index in [-0.39, 0.29) is 11.7 Å². The Morgan fingerprint density at radius 2 is 1.89 bits per heavy atom. The highest BCUT2D eigenvalue weighted by Crippen LogP contribution is 2.32. The molecule has 0 saturated heterocycles. The maximum absolute atomic E-state index is 12.4. The molecule has 1 N–H and O–H groups in total. The number of benzene rings is 2. The molecule has 3 heteroatoms.